The molecule has 6 atom stereocenters. The monoisotopic (exact) mass is 1440 g/mol. The van der Waals surface area contributed by atoms with E-state index in [9.17, 15) is 15.3 Å². The SMILES string of the molecule is CCCCCCCCCCCCCC(=O)O[C@@]1(C(=O)CCCCCCCCCCCCC)[C@@](OC(=O)CCCCCCCCCCCCC)(C(=O)CCCCCCCCCCCCC)[C@@H](O)[C@H](O)[C@@H](O)[C@@]1(OC(=O)CCCCCCCCCCCCC)C(=O)CCCCCCCCCCCCC. The molecule has 0 heterocycles. The van der Waals surface area contributed by atoms with Gasteiger partial charge in [-0.2, -0.15) is 0 Å². The second-order valence-electron chi connectivity index (χ2n) is 31.9. The third-order valence-electron chi connectivity index (χ3n) is 22.5. The van der Waals surface area contributed by atoms with Crippen LogP contribution in [0.25, 0.3) is 0 Å². The molecule has 1 aliphatic rings. The molecule has 102 heavy (non-hydrogen) atoms. The van der Waals surface area contributed by atoms with E-state index in [2.05, 4.69) is 41.5 Å². The Morgan fingerprint density at radius 3 is 0.539 bits per heavy atom. The highest BCUT2D eigenvalue weighted by atomic mass is 16.7. The van der Waals surface area contributed by atoms with Gasteiger partial charge < -0.3 is 29.5 Å². The summed E-state index contributed by atoms with van der Waals surface area (Å²) in [5, 5.41) is 39.4. The number of esters is 3. The number of rotatable bonds is 78. The van der Waals surface area contributed by atoms with Gasteiger partial charge >= 0.3 is 17.9 Å². The van der Waals surface area contributed by atoms with Crippen LogP contribution in [0.2, 0.25) is 0 Å². The van der Waals surface area contributed by atoms with Gasteiger partial charge in [-0.15, -0.1) is 0 Å². The molecule has 12 heteroatoms. The van der Waals surface area contributed by atoms with Gasteiger partial charge in [-0.1, -0.05) is 427 Å². The molecule has 0 bridgehead atoms. The zero-order chi connectivity index (χ0) is 74.7. The van der Waals surface area contributed by atoms with Crippen molar-refractivity contribution in [2.45, 2.75) is 539 Å². The van der Waals surface area contributed by atoms with E-state index >= 15 is 28.8 Å². The van der Waals surface area contributed by atoms with E-state index in [-0.39, 0.29) is 51.4 Å². The van der Waals surface area contributed by atoms with Crippen molar-refractivity contribution in [1.82, 2.24) is 0 Å². The maximum absolute atomic E-state index is 16.8. The van der Waals surface area contributed by atoms with E-state index in [4.69, 9.17) is 14.2 Å². The fourth-order valence-corrected chi connectivity index (χ4v) is 16.0. The van der Waals surface area contributed by atoms with E-state index in [1.54, 1.807) is 0 Å². The summed E-state index contributed by atoms with van der Waals surface area (Å²) in [5.41, 5.74) is -10.1. The Morgan fingerprint density at radius 2 is 0.353 bits per heavy atom. The summed E-state index contributed by atoms with van der Waals surface area (Å²) in [4.78, 5) is 95.8. The standard InChI is InChI=1S/C90H168O12/c1-7-13-19-25-31-37-43-49-55-61-67-73-79(91)88(100-82(94)76-70-64-58-52-46-40-34-28-22-16-10-4)86(98)85(97)87(99)89(80(92)74-68-62-56-50-44-38-32-26-20-14-8-2,101-83(95)77-71-65-59-53-47-41-35-29-23-17-11-5)90(88,81(93)75-69-63-57-51-45-39-33-27-21-15-9-3)102-84(96)78-72-66-60-54-48-42-36-30-24-18-12-6/h85-87,97-99H,7-78H2,1-6H3/t85-,86-,87+,88+,89-,90-. The Labute approximate surface area is 629 Å². The lowest BCUT2D eigenvalue weighted by Crippen LogP contribution is -2.91. The first-order valence-electron chi connectivity index (χ1n) is 45.1. The third-order valence-corrected chi connectivity index (χ3v) is 22.5. The molecule has 0 amide bonds. The molecule has 0 spiro atoms. The Balaban J connectivity index is 4.33. The number of Topliss-reactive ketones (excluding diaryl/α,β-unsaturated/α-hetero) is 3. The van der Waals surface area contributed by atoms with Crippen molar-refractivity contribution in [2.75, 3.05) is 0 Å². The topological polar surface area (TPSA) is 191 Å². The lowest BCUT2D eigenvalue weighted by Gasteiger charge is -2.61. The first kappa shape index (κ1) is 97.3. The molecular weight excluding hydrogens is 1270 g/mol. The van der Waals surface area contributed by atoms with Gasteiger partial charge in [-0.3, -0.25) is 28.8 Å². The molecule has 3 N–H and O–H groups in total. The van der Waals surface area contributed by atoms with Crippen LogP contribution in [-0.2, 0) is 43.0 Å². The fraction of sp³-hybridized carbons (Fsp3) is 0.933. The summed E-state index contributed by atoms with van der Waals surface area (Å²) in [6.45, 7) is 13.3. The first-order valence-corrected chi connectivity index (χ1v) is 45.1. The second-order valence-corrected chi connectivity index (χ2v) is 31.9. The van der Waals surface area contributed by atoms with Gasteiger partial charge in [-0.05, 0) is 38.5 Å². The molecular formula is C90H168O12. The average molecular weight is 1440 g/mol. The highest BCUT2D eigenvalue weighted by Gasteiger charge is 2.87. The van der Waals surface area contributed by atoms with Crippen LogP contribution in [0.3, 0.4) is 0 Å². The van der Waals surface area contributed by atoms with Gasteiger partial charge in [0.25, 0.3) is 5.60 Å². The number of ketones is 3. The van der Waals surface area contributed by atoms with E-state index in [1.165, 1.54) is 173 Å². The van der Waals surface area contributed by atoms with Crippen molar-refractivity contribution in [1.29, 1.82) is 0 Å². The lowest BCUT2D eigenvalue weighted by atomic mass is 9.53. The number of aliphatic hydroxyl groups excluding tert-OH is 3. The van der Waals surface area contributed by atoms with Crippen LogP contribution in [0.4, 0.5) is 0 Å². The normalized spacial score (nSPS) is 19.0. The summed E-state index contributed by atoms with van der Waals surface area (Å²) in [7, 11) is 0. The van der Waals surface area contributed by atoms with Crippen LogP contribution in [0, 0.1) is 0 Å². The Kier molecular flexibility index (Phi) is 64.5. The fourth-order valence-electron chi connectivity index (χ4n) is 16.0. The average Bonchev–Trinajstić information content (AvgIpc) is 0.667. The largest absolute Gasteiger partial charge is 0.443 e. The Hall–Kier alpha value is -2.70. The van der Waals surface area contributed by atoms with Gasteiger partial charge in [0.1, 0.15) is 18.3 Å². The van der Waals surface area contributed by atoms with Gasteiger partial charge in [0.2, 0.25) is 11.2 Å². The van der Waals surface area contributed by atoms with Gasteiger partial charge in [-0.25, -0.2) is 0 Å². The highest BCUT2D eigenvalue weighted by molar-refractivity contribution is 6.10. The number of unbranched alkanes of at least 4 members (excludes halogenated alkanes) is 60. The summed E-state index contributed by atoms with van der Waals surface area (Å²) < 4.78 is 20.2. The smallest absolute Gasteiger partial charge is 0.307 e. The zero-order valence-corrected chi connectivity index (χ0v) is 68.2. The first-order chi connectivity index (χ1) is 49.8. The van der Waals surface area contributed by atoms with Crippen molar-refractivity contribution in [3.8, 4) is 0 Å². The molecule has 0 saturated heterocycles. The minimum Gasteiger partial charge on any atom is -0.443 e. The third kappa shape index (κ3) is 42.2. The van der Waals surface area contributed by atoms with Crippen LogP contribution in [-0.4, -0.2) is 85.7 Å². The Morgan fingerprint density at radius 1 is 0.206 bits per heavy atom. The van der Waals surface area contributed by atoms with Crippen molar-refractivity contribution in [2.24, 2.45) is 0 Å². The van der Waals surface area contributed by atoms with Gasteiger partial charge in [0.15, 0.2) is 17.3 Å². The molecule has 0 aromatic carbocycles. The van der Waals surface area contributed by atoms with E-state index in [0.717, 1.165) is 173 Å². The molecule has 12 nitrogen and oxygen atoms in total. The lowest BCUT2D eigenvalue weighted by molar-refractivity contribution is -0.324. The van der Waals surface area contributed by atoms with E-state index < -0.39 is 76.8 Å². The van der Waals surface area contributed by atoms with Crippen molar-refractivity contribution in [3.63, 3.8) is 0 Å². The number of carbonyl (C=O) groups excluding carboxylic acids is 6. The zero-order valence-electron chi connectivity index (χ0n) is 68.2. The molecule has 1 rings (SSSR count). The molecule has 1 saturated carbocycles. The van der Waals surface area contributed by atoms with Crippen molar-refractivity contribution < 1.29 is 58.3 Å². The van der Waals surface area contributed by atoms with Gasteiger partial charge in [0.05, 0.1) is 0 Å². The summed E-state index contributed by atoms with van der Waals surface area (Å²) in [6.07, 6.45) is 55.6. The number of aliphatic hydroxyl groups is 3. The predicted octanol–water partition coefficient (Wildman–Crippen LogP) is 25.8. The van der Waals surface area contributed by atoms with Gasteiger partial charge in [0, 0.05) is 38.5 Å². The van der Waals surface area contributed by atoms with Crippen LogP contribution in [0.1, 0.15) is 504 Å². The Bertz CT molecular complexity index is 1890. The van der Waals surface area contributed by atoms with E-state index in [0.29, 0.717) is 57.8 Å². The molecule has 0 radical (unpaired) electrons. The minimum atomic E-state index is -3.44. The molecule has 1 aliphatic carbocycles. The maximum atomic E-state index is 16.8. The second kappa shape index (κ2) is 67.6. The summed E-state index contributed by atoms with van der Waals surface area (Å²) in [5.74, 6) is -6.02. The van der Waals surface area contributed by atoms with Crippen LogP contribution in [0.5, 0.6) is 0 Å². The molecule has 0 aromatic heterocycles. The molecule has 600 valence electrons. The van der Waals surface area contributed by atoms with Crippen LogP contribution >= 0.6 is 0 Å². The molecule has 0 aromatic rings. The van der Waals surface area contributed by atoms with Crippen LogP contribution < -0.4 is 0 Å². The number of hydrogen-bond donors (Lipinski definition) is 3. The number of hydrogen-bond acceptors (Lipinski definition) is 12. The highest BCUT2D eigenvalue weighted by Crippen LogP contribution is 2.55. The molecule has 0 unspecified atom stereocenters. The predicted molar refractivity (Wildman–Crippen MR) is 426 cm³/mol. The molecule has 1 fully saturated rings. The summed E-state index contributed by atoms with van der Waals surface area (Å²) in [6, 6.07) is 0. The van der Waals surface area contributed by atoms with Crippen molar-refractivity contribution in [3.05, 3.63) is 0 Å². The van der Waals surface area contributed by atoms with Crippen molar-refractivity contribution >= 4 is 35.3 Å². The van der Waals surface area contributed by atoms with E-state index in [1.807, 2.05) is 0 Å². The minimum absolute atomic E-state index is 0.201. The number of carbonyl (C=O) groups is 6. The van der Waals surface area contributed by atoms with Crippen LogP contribution in [0.15, 0.2) is 0 Å². The summed E-state index contributed by atoms with van der Waals surface area (Å²) >= 11 is 0. The molecule has 0 aliphatic heterocycles. The number of ether oxygens (including phenoxy) is 3. The quantitative estimate of drug-likeness (QED) is 0.0297. The maximum Gasteiger partial charge on any atom is 0.307 e.